The number of anilines is 1. The second-order valence-electron chi connectivity index (χ2n) is 8.35. The van der Waals surface area contributed by atoms with Crippen LogP contribution in [-0.4, -0.2) is 51.3 Å². The molecule has 1 aromatic heterocycles. The molecular weight excluding hydrogens is 392 g/mol. The van der Waals surface area contributed by atoms with E-state index in [1.807, 2.05) is 41.3 Å². The molecule has 158 valence electrons. The predicted octanol–water partition coefficient (Wildman–Crippen LogP) is 3.33. The fourth-order valence-corrected chi connectivity index (χ4v) is 3.33. The maximum absolute atomic E-state index is 12.6. The van der Waals surface area contributed by atoms with Gasteiger partial charge in [0.25, 0.3) is 0 Å². The standard InChI is InChI=1S/C21H28N4O3.ClH/c1-21(2,3)17-13-18(25(23-17)16-7-5-4-6-8-16)22-19(26)14-24-11-9-15(10-12-24)20(27)28;/h4-8,13,15H,9-12,14H2,1-3H3,(H,22,26)(H,27,28);1H. The van der Waals surface area contributed by atoms with Crippen LogP contribution in [0.25, 0.3) is 5.69 Å². The average Bonchev–Trinajstić information content (AvgIpc) is 3.07. The Bertz CT molecular complexity index is 837. The number of carboxylic acid groups (broad SMARTS) is 1. The van der Waals surface area contributed by atoms with Crippen LogP contribution in [0, 0.1) is 5.92 Å². The maximum Gasteiger partial charge on any atom is 0.306 e. The highest BCUT2D eigenvalue weighted by atomic mass is 35.5. The van der Waals surface area contributed by atoms with Crippen LogP contribution >= 0.6 is 12.4 Å². The molecule has 0 radical (unpaired) electrons. The lowest BCUT2D eigenvalue weighted by molar-refractivity contribution is -0.143. The summed E-state index contributed by atoms with van der Waals surface area (Å²) in [7, 11) is 0. The van der Waals surface area contributed by atoms with Gasteiger partial charge >= 0.3 is 5.97 Å². The summed E-state index contributed by atoms with van der Waals surface area (Å²) >= 11 is 0. The van der Waals surface area contributed by atoms with Gasteiger partial charge in [-0.25, -0.2) is 4.68 Å². The number of nitrogens with one attached hydrogen (secondary N) is 1. The number of benzene rings is 1. The van der Waals surface area contributed by atoms with Crippen molar-refractivity contribution in [3.8, 4) is 5.69 Å². The van der Waals surface area contributed by atoms with Gasteiger partial charge in [0.2, 0.25) is 5.91 Å². The Hall–Kier alpha value is -2.38. The zero-order chi connectivity index (χ0) is 20.3. The van der Waals surface area contributed by atoms with Gasteiger partial charge in [-0.2, -0.15) is 5.10 Å². The van der Waals surface area contributed by atoms with Crippen molar-refractivity contribution < 1.29 is 14.7 Å². The maximum atomic E-state index is 12.6. The first kappa shape index (κ1) is 22.9. The Morgan fingerprint density at radius 1 is 1.17 bits per heavy atom. The first-order valence-corrected chi connectivity index (χ1v) is 9.65. The van der Waals surface area contributed by atoms with E-state index >= 15 is 0 Å². The van der Waals surface area contributed by atoms with E-state index in [4.69, 9.17) is 10.2 Å². The molecule has 7 nitrogen and oxygen atoms in total. The molecule has 1 fully saturated rings. The number of carbonyl (C=O) groups is 2. The summed E-state index contributed by atoms with van der Waals surface area (Å²) in [6, 6.07) is 11.6. The van der Waals surface area contributed by atoms with Crippen molar-refractivity contribution in [3.63, 3.8) is 0 Å². The number of carbonyl (C=O) groups excluding carboxylic acids is 1. The molecule has 0 unspecified atom stereocenters. The van der Waals surface area contributed by atoms with Crippen molar-refractivity contribution in [2.75, 3.05) is 25.0 Å². The third-order valence-electron chi connectivity index (χ3n) is 5.05. The number of piperidine rings is 1. The minimum atomic E-state index is -0.745. The van der Waals surface area contributed by atoms with Crippen LogP contribution in [0.4, 0.5) is 5.82 Å². The van der Waals surface area contributed by atoms with Crippen LogP contribution in [0.2, 0.25) is 0 Å². The molecule has 1 aliphatic rings. The van der Waals surface area contributed by atoms with E-state index in [9.17, 15) is 9.59 Å². The topological polar surface area (TPSA) is 87.5 Å². The molecular formula is C21H29ClN4O3. The molecule has 8 heteroatoms. The van der Waals surface area contributed by atoms with Gasteiger partial charge in [-0.1, -0.05) is 39.0 Å². The normalized spacial score (nSPS) is 15.6. The first-order chi connectivity index (χ1) is 13.2. The predicted molar refractivity (Wildman–Crippen MR) is 115 cm³/mol. The Labute approximate surface area is 177 Å². The number of para-hydroxylation sites is 1. The molecule has 0 atom stereocenters. The van der Waals surface area contributed by atoms with Gasteiger partial charge in [-0.15, -0.1) is 12.4 Å². The molecule has 0 spiro atoms. The fourth-order valence-electron chi connectivity index (χ4n) is 3.33. The van der Waals surface area contributed by atoms with Crippen molar-refractivity contribution in [2.45, 2.75) is 39.0 Å². The smallest absolute Gasteiger partial charge is 0.306 e. The quantitative estimate of drug-likeness (QED) is 0.774. The minimum Gasteiger partial charge on any atom is -0.481 e. The van der Waals surface area contributed by atoms with Crippen LogP contribution in [0.15, 0.2) is 36.4 Å². The number of likely N-dealkylation sites (tertiary alicyclic amines) is 1. The summed E-state index contributed by atoms with van der Waals surface area (Å²) in [6.07, 6.45) is 1.16. The third kappa shape index (κ3) is 5.81. The molecule has 1 amide bonds. The van der Waals surface area contributed by atoms with Crippen molar-refractivity contribution >= 4 is 30.1 Å². The first-order valence-electron chi connectivity index (χ1n) is 9.65. The van der Waals surface area contributed by atoms with Gasteiger partial charge < -0.3 is 10.4 Å². The van der Waals surface area contributed by atoms with E-state index in [-0.39, 0.29) is 36.2 Å². The zero-order valence-corrected chi connectivity index (χ0v) is 17.9. The van der Waals surface area contributed by atoms with Crippen LogP contribution < -0.4 is 5.32 Å². The van der Waals surface area contributed by atoms with Crippen molar-refractivity contribution in [3.05, 3.63) is 42.1 Å². The molecule has 0 bridgehead atoms. The second-order valence-corrected chi connectivity index (χ2v) is 8.35. The van der Waals surface area contributed by atoms with Crippen LogP contribution in [-0.2, 0) is 15.0 Å². The molecule has 2 N–H and O–H groups in total. The number of carboxylic acids is 1. The lowest BCUT2D eigenvalue weighted by atomic mass is 9.92. The van der Waals surface area contributed by atoms with Crippen molar-refractivity contribution in [1.29, 1.82) is 0 Å². The van der Waals surface area contributed by atoms with Gasteiger partial charge in [-0.3, -0.25) is 14.5 Å². The Morgan fingerprint density at radius 3 is 2.34 bits per heavy atom. The summed E-state index contributed by atoms with van der Waals surface area (Å²) in [5.41, 5.74) is 1.64. The highest BCUT2D eigenvalue weighted by molar-refractivity contribution is 5.91. The molecule has 29 heavy (non-hydrogen) atoms. The van der Waals surface area contributed by atoms with Crippen molar-refractivity contribution in [1.82, 2.24) is 14.7 Å². The number of amides is 1. The summed E-state index contributed by atoms with van der Waals surface area (Å²) in [5, 5.41) is 16.8. The largest absolute Gasteiger partial charge is 0.481 e. The van der Waals surface area contributed by atoms with Gasteiger partial charge in [-0.05, 0) is 38.1 Å². The molecule has 3 rings (SSSR count). The molecule has 0 aliphatic carbocycles. The van der Waals surface area contributed by atoms with Gasteiger partial charge in [0, 0.05) is 11.5 Å². The molecule has 2 heterocycles. The highest BCUT2D eigenvalue weighted by Gasteiger charge is 2.26. The van der Waals surface area contributed by atoms with E-state index in [2.05, 4.69) is 26.1 Å². The number of hydrogen-bond donors (Lipinski definition) is 2. The van der Waals surface area contributed by atoms with E-state index in [0.29, 0.717) is 31.7 Å². The summed E-state index contributed by atoms with van der Waals surface area (Å²) in [6.45, 7) is 7.75. The monoisotopic (exact) mass is 420 g/mol. The average molecular weight is 421 g/mol. The number of hydrogen-bond acceptors (Lipinski definition) is 4. The lowest BCUT2D eigenvalue weighted by Gasteiger charge is -2.29. The SMILES string of the molecule is CC(C)(C)c1cc(NC(=O)CN2CCC(C(=O)O)CC2)n(-c2ccccc2)n1.Cl. The molecule has 1 aliphatic heterocycles. The molecule has 1 saturated heterocycles. The number of rotatable bonds is 5. The Kier molecular flexibility index (Phi) is 7.43. The summed E-state index contributed by atoms with van der Waals surface area (Å²) < 4.78 is 1.76. The van der Waals surface area contributed by atoms with Crippen LogP contribution in [0.1, 0.15) is 39.3 Å². The minimum absolute atomic E-state index is 0. The fraction of sp³-hybridized carbons (Fsp3) is 0.476. The number of aromatic nitrogens is 2. The van der Waals surface area contributed by atoms with E-state index in [1.165, 1.54) is 0 Å². The van der Waals surface area contributed by atoms with Crippen LogP contribution in [0.5, 0.6) is 0 Å². The summed E-state index contributed by atoms with van der Waals surface area (Å²) in [5.74, 6) is -0.522. The number of nitrogens with zero attached hydrogens (tertiary/aromatic N) is 3. The molecule has 1 aromatic carbocycles. The van der Waals surface area contributed by atoms with E-state index < -0.39 is 5.97 Å². The van der Waals surface area contributed by atoms with Gasteiger partial charge in [0.15, 0.2) is 0 Å². The number of halogens is 1. The second kappa shape index (κ2) is 9.41. The zero-order valence-electron chi connectivity index (χ0n) is 17.1. The summed E-state index contributed by atoms with van der Waals surface area (Å²) in [4.78, 5) is 25.7. The van der Waals surface area contributed by atoms with Gasteiger partial charge in [0.1, 0.15) is 5.82 Å². The van der Waals surface area contributed by atoms with Crippen LogP contribution in [0.3, 0.4) is 0 Å². The Morgan fingerprint density at radius 2 is 1.79 bits per heavy atom. The Balaban J connectivity index is 0.00000300. The lowest BCUT2D eigenvalue weighted by Crippen LogP contribution is -2.40. The third-order valence-corrected chi connectivity index (χ3v) is 5.05. The molecule has 0 saturated carbocycles. The molecule has 2 aromatic rings. The van der Waals surface area contributed by atoms with E-state index in [1.54, 1.807) is 4.68 Å². The van der Waals surface area contributed by atoms with E-state index in [0.717, 1.165) is 11.4 Å². The van der Waals surface area contributed by atoms with Gasteiger partial charge in [0.05, 0.1) is 23.8 Å². The van der Waals surface area contributed by atoms with Crippen molar-refractivity contribution in [2.24, 2.45) is 5.92 Å². The highest BCUT2D eigenvalue weighted by Crippen LogP contribution is 2.26. The number of aliphatic carboxylic acids is 1.